The molecule has 1 heterocycles. The quantitative estimate of drug-likeness (QED) is 0.767. The summed E-state index contributed by atoms with van der Waals surface area (Å²) in [6.07, 6.45) is 0.562. The Bertz CT molecular complexity index is 726. The highest BCUT2D eigenvalue weighted by Crippen LogP contribution is 2.36. The van der Waals surface area contributed by atoms with Crippen molar-refractivity contribution in [3.05, 3.63) is 59.7 Å². The van der Waals surface area contributed by atoms with Gasteiger partial charge in [-0.3, -0.25) is 4.90 Å². The van der Waals surface area contributed by atoms with Crippen LogP contribution in [-0.2, 0) is 5.60 Å². The summed E-state index contributed by atoms with van der Waals surface area (Å²) in [5, 5.41) is 31.4. The van der Waals surface area contributed by atoms with E-state index in [-0.39, 0.29) is 11.8 Å². The highest BCUT2D eigenvalue weighted by Gasteiger charge is 2.36. The number of rotatable bonds is 5. The number of likely N-dealkylation sites (tertiary alicyclic amines) is 1. The summed E-state index contributed by atoms with van der Waals surface area (Å²) in [6.45, 7) is 3.40. The Morgan fingerprint density at radius 1 is 1.08 bits per heavy atom. The molecular formula is C21H27NO4. The van der Waals surface area contributed by atoms with Gasteiger partial charge in [-0.2, -0.15) is 0 Å². The Balaban J connectivity index is 1.67. The lowest BCUT2D eigenvalue weighted by Gasteiger charge is -2.42. The molecule has 140 valence electrons. The Morgan fingerprint density at radius 3 is 2.35 bits per heavy atom. The second-order valence-corrected chi connectivity index (χ2v) is 7.05. The monoisotopic (exact) mass is 357 g/mol. The molecule has 0 unspecified atom stereocenters. The molecule has 3 rings (SSSR count). The standard InChI is InChI=1S/C21H27NO4/c1-15(20(24)16-8-9-18(23)19(14-16)26-2)22-12-10-21(25,11-13-22)17-6-4-3-5-7-17/h3-9,14-15,20,23-25H,10-13H2,1-2H3/t15-,20+/m0/s1. The van der Waals surface area contributed by atoms with Gasteiger partial charge in [-0.05, 0) is 43.0 Å². The predicted octanol–water partition coefficient (Wildman–Crippen LogP) is 2.81. The molecule has 1 fully saturated rings. The molecule has 0 aliphatic carbocycles. The molecule has 0 saturated carbocycles. The lowest BCUT2D eigenvalue weighted by molar-refractivity contribution is -0.0501. The fourth-order valence-electron chi connectivity index (χ4n) is 3.69. The van der Waals surface area contributed by atoms with Crippen molar-refractivity contribution in [1.82, 2.24) is 4.90 Å². The molecule has 2 aromatic rings. The van der Waals surface area contributed by atoms with E-state index in [1.807, 2.05) is 37.3 Å². The number of piperidine rings is 1. The van der Waals surface area contributed by atoms with Crippen LogP contribution in [0.2, 0.25) is 0 Å². The number of methoxy groups -OCH3 is 1. The third-order valence-corrected chi connectivity index (χ3v) is 5.51. The van der Waals surface area contributed by atoms with Crippen molar-refractivity contribution in [2.24, 2.45) is 0 Å². The molecule has 0 spiro atoms. The minimum atomic E-state index is -0.801. The highest BCUT2D eigenvalue weighted by molar-refractivity contribution is 5.42. The summed E-state index contributed by atoms with van der Waals surface area (Å²) in [5.74, 6) is 0.410. The second kappa shape index (κ2) is 7.66. The Labute approximate surface area is 154 Å². The number of hydrogen-bond donors (Lipinski definition) is 3. The molecule has 2 aromatic carbocycles. The van der Waals surface area contributed by atoms with Crippen LogP contribution in [0.5, 0.6) is 11.5 Å². The van der Waals surface area contributed by atoms with E-state index in [0.29, 0.717) is 37.2 Å². The minimum Gasteiger partial charge on any atom is -0.504 e. The molecule has 2 atom stereocenters. The first kappa shape index (κ1) is 18.7. The molecule has 26 heavy (non-hydrogen) atoms. The van der Waals surface area contributed by atoms with Crippen LogP contribution in [0.4, 0.5) is 0 Å². The van der Waals surface area contributed by atoms with Gasteiger partial charge in [0.2, 0.25) is 0 Å². The molecule has 0 radical (unpaired) electrons. The van der Waals surface area contributed by atoms with Crippen molar-refractivity contribution < 1.29 is 20.1 Å². The van der Waals surface area contributed by atoms with Crippen LogP contribution in [0.25, 0.3) is 0 Å². The largest absolute Gasteiger partial charge is 0.504 e. The average Bonchev–Trinajstić information content (AvgIpc) is 2.68. The normalized spacial score (nSPS) is 19.7. The first-order valence-electron chi connectivity index (χ1n) is 9.01. The van der Waals surface area contributed by atoms with Crippen molar-refractivity contribution in [3.8, 4) is 11.5 Å². The number of benzene rings is 2. The zero-order chi connectivity index (χ0) is 18.7. The summed E-state index contributed by atoms with van der Waals surface area (Å²) in [4.78, 5) is 2.20. The summed E-state index contributed by atoms with van der Waals surface area (Å²) in [5.41, 5.74) is 0.858. The van der Waals surface area contributed by atoms with Gasteiger partial charge in [0.15, 0.2) is 11.5 Å². The van der Waals surface area contributed by atoms with E-state index in [1.54, 1.807) is 12.1 Å². The smallest absolute Gasteiger partial charge is 0.160 e. The molecule has 0 aromatic heterocycles. The van der Waals surface area contributed by atoms with Crippen LogP contribution in [0, 0.1) is 0 Å². The number of aliphatic hydroxyl groups excluding tert-OH is 1. The molecule has 1 saturated heterocycles. The van der Waals surface area contributed by atoms with Crippen LogP contribution in [0.1, 0.15) is 37.0 Å². The van der Waals surface area contributed by atoms with Gasteiger partial charge in [-0.1, -0.05) is 36.4 Å². The molecule has 1 aliphatic heterocycles. The molecule has 0 bridgehead atoms. The zero-order valence-electron chi connectivity index (χ0n) is 15.3. The number of ether oxygens (including phenoxy) is 1. The van der Waals surface area contributed by atoms with Gasteiger partial charge in [-0.25, -0.2) is 0 Å². The summed E-state index contributed by atoms with van der Waals surface area (Å²) >= 11 is 0. The van der Waals surface area contributed by atoms with Crippen LogP contribution in [-0.4, -0.2) is 46.5 Å². The van der Waals surface area contributed by atoms with Gasteiger partial charge in [0.1, 0.15) is 0 Å². The second-order valence-electron chi connectivity index (χ2n) is 7.05. The fourth-order valence-corrected chi connectivity index (χ4v) is 3.69. The average molecular weight is 357 g/mol. The Morgan fingerprint density at radius 2 is 1.73 bits per heavy atom. The molecule has 5 heteroatoms. The van der Waals surface area contributed by atoms with Gasteiger partial charge in [0.25, 0.3) is 0 Å². The van der Waals surface area contributed by atoms with E-state index < -0.39 is 11.7 Å². The molecule has 1 aliphatic rings. The summed E-state index contributed by atoms with van der Waals surface area (Å²) < 4.78 is 5.13. The third kappa shape index (κ3) is 3.70. The lowest BCUT2D eigenvalue weighted by atomic mass is 9.83. The number of hydrogen-bond acceptors (Lipinski definition) is 5. The van der Waals surface area contributed by atoms with E-state index in [1.165, 1.54) is 13.2 Å². The van der Waals surface area contributed by atoms with Gasteiger partial charge in [0.05, 0.1) is 18.8 Å². The van der Waals surface area contributed by atoms with E-state index in [9.17, 15) is 15.3 Å². The van der Waals surface area contributed by atoms with Gasteiger partial charge >= 0.3 is 0 Å². The summed E-state index contributed by atoms with van der Waals surface area (Å²) in [6, 6.07) is 14.6. The minimum absolute atomic E-state index is 0.0574. The van der Waals surface area contributed by atoms with Crippen LogP contribution in [0.3, 0.4) is 0 Å². The maximum atomic E-state index is 11.0. The number of aliphatic hydroxyl groups is 2. The van der Waals surface area contributed by atoms with Crippen molar-refractivity contribution in [1.29, 1.82) is 0 Å². The zero-order valence-corrected chi connectivity index (χ0v) is 15.3. The number of phenols is 1. The van der Waals surface area contributed by atoms with Crippen molar-refractivity contribution in [2.45, 2.75) is 37.5 Å². The van der Waals surface area contributed by atoms with E-state index in [4.69, 9.17) is 4.74 Å². The molecule has 5 nitrogen and oxygen atoms in total. The van der Waals surface area contributed by atoms with Crippen molar-refractivity contribution in [3.63, 3.8) is 0 Å². The highest BCUT2D eigenvalue weighted by atomic mass is 16.5. The SMILES string of the molecule is COc1cc([C@H](O)[C@H](C)N2CCC(O)(c3ccccc3)CC2)ccc1O. The van der Waals surface area contributed by atoms with Crippen molar-refractivity contribution in [2.75, 3.05) is 20.2 Å². The number of phenolic OH excluding ortho intramolecular Hbond substituents is 1. The van der Waals surface area contributed by atoms with Crippen LogP contribution in [0.15, 0.2) is 48.5 Å². The van der Waals surface area contributed by atoms with Gasteiger partial charge < -0.3 is 20.1 Å². The molecule has 3 N–H and O–H groups in total. The Kier molecular flexibility index (Phi) is 5.51. The van der Waals surface area contributed by atoms with E-state index in [2.05, 4.69) is 4.90 Å². The molecular weight excluding hydrogens is 330 g/mol. The predicted molar refractivity (Wildman–Crippen MR) is 100 cm³/mol. The van der Waals surface area contributed by atoms with E-state index in [0.717, 1.165) is 5.56 Å². The number of aromatic hydroxyl groups is 1. The van der Waals surface area contributed by atoms with Crippen LogP contribution >= 0.6 is 0 Å². The number of nitrogens with zero attached hydrogens (tertiary/aromatic N) is 1. The van der Waals surface area contributed by atoms with Crippen LogP contribution < -0.4 is 4.74 Å². The van der Waals surface area contributed by atoms with Gasteiger partial charge in [0, 0.05) is 19.1 Å². The van der Waals surface area contributed by atoms with E-state index >= 15 is 0 Å². The fraction of sp³-hybridized carbons (Fsp3) is 0.429. The van der Waals surface area contributed by atoms with Gasteiger partial charge in [-0.15, -0.1) is 0 Å². The summed E-state index contributed by atoms with van der Waals surface area (Å²) in [7, 11) is 1.49. The first-order chi connectivity index (χ1) is 12.4. The first-order valence-corrected chi connectivity index (χ1v) is 9.01. The topological polar surface area (TPSA) is 73.2 Å². The maximum Gasteiger partial charge on any atom is 0.160 e. The van der Waals surface area contributed by atoms with Crippen molar-refractivity contribution >= 4 is 0 Å². The third-order valence-electron chi connectivity index (χ3n) is 5.51. The maximum absolute atomic E-state index is 11.0. The lowest BCUT2D eigenvalue weighted by Crippen LogP contribution is -2.47. The Hall–Kier alpha value is -2.08. The molecule has 0 amide bonds.